The van der Waals surface area contributed by atoms with Crippen LogP contribution in [0.25, 0.3) is 10.4 Å². The third-order valence-corrected chi connectivity index (χ3v) is 3.81. The molecule has 1 aromatic rings. The molecule has 0 radical (unpaired) electrons. The van der Waals surface area contributed by atoms with Crippen molar-refractivity contribution in [2.24, 2.45) is 5.11 Å². The molecule has 102 valence electrons. The van der Waals surface area contributed by atoms with Gasteiger partial charge in [0.2, 0.25) is 0 Å². The highest BCUT2D eigenvalue weighted by Crippen LogP contribution is 2.20. The number of nitrogens with zero attached hydrogens (tertiary/aromatic N) is 5. The first-order valence-electron chi connectivity index (χ1n) is 6.76. The molecule has 1 aliphatic heterocycles. The van der Waals surface area contributed by atoms with Gasteiger partial charge < -0.3 is 4.90 Å². The van der Waals surface area contributed by atoms with E-state index in [0.717, 1.165) is 32.7 Å². The summed E-state index contributed by atoms with van der Waals surface area (Å²) in [7, 11) is 0. The van der Waals surface area contributed by atoms with E-state index >= 15 is 0 Å². The maximum atomic E-state index is 8.27. The summed E-state index contributed by atoms with van der Waals surface area (Å²) >= 11 is 0. The lowest BCUT2D eigenvalue weighted by Gasteiger charge is -2.36. The number of piperazine rings is 1. The summed E-state index contributed by atoms with van der Waals surface area (Å²) in [6.07, 6.45) is 0. The van der Waals surface area contributed by atoms with Crippen LogP contribution in [-0.2, 0) is 0 Å². The van der Waals surface area contributed by atoms with Gasteiger partial charge in [-0.2, -0.15) is 0 Å². The maximum absolute atomic E-state index is 8.27. The van der Waals surface area contributed by atoms with E-state index < -0.39 is 0 Å². The zero-order chi connectivity index (χ0) is 13.7. The molecule has 0 bridgehead atoms. The van der Waals surface area contributed by atoms with Gasteiger partial charge in [-0.3, -0.25) is 4.90 Å². The molecule has 2 rings (SSSR count). The van der Waals surface area contributed by atoms with Crippen LogP contribution in [0.3, 0.4) is 0 Å². The monoisotopic (exact) mass is 259 g/mol. The average molecular weight is 259 g/mol. The molecule has 1 aliphatic rings. The molecule has 0 spiro atoms. The Kier molecular flexibility index (Phi) is 4.66. The molecule has 0 N–H and O–H groups in total. The zero-order valence-electron chi connectivity index (χ0n) is 11.7. The van der Waals surface area contributed by atoms with Crippen LogP contribution >= 0.6 is 0 Å². The maximum Gasteiger partial charge on any atom is 0.0385 e. The van der Waals surface area contributed by atoms with E-state index in [-0.39, 0.29) is 0 Å². The van der Waals surface area contributed by atoms with E-state index in [1.54, 1.807) is 0 Å². The van der Waals surface area contributed by atoms with Crippen molar-refractivity contribution in [2.75, 3.05) is 44.2 Å². The van der Waals surface area contributed by atoms with E-state index in [0.29, 0.717) is 6.54 Å². The fraction of sp³-hybridized carbons (Fsp3) is 0.571. The summed E-state index contributed by atoms with van der Waals surface area (Å²) < 4.78 is 0. The van der Waals surface area contributed by atoms with E-state index in [4.69, 9.17) is 5.53 Å². The second kappa shape index (κ2) is 6.45. The molecule has 5 nitrogen and oxygen atoms in total. The number of benzene rings is 1. The second-order valence-corrected chi connectivity index (χ2v) is 5.05. The third kappa shape index (κ3) is 3.63. The summed E-state index contributed by atoms with van der Waals surface area (Å²) in [6.45, 7) is 9.89. The van der Waals surface area contributed by atoms with Crippen molar-refractivity contribution < 1.29 is 0 Å². The molecule has 19 heavy (non-hydrogen) atoms. The highest BCUT2D eigenvalue weighted by molar-refractivity contribution is 5.51. The average Bonchev–Trinajstić information content (AvgIpc) is 2.43. The van der Waals surface area contributed by atoms with Gasteiger partial charge in [-0.25, -0.2) is 0 Å². The minimum Gasteiger partial charge on any atom is -0.369 e. The van der Waals surface area contributed by atoms with Crippen molar-refractivity contribution in [3.8, 4) is 0 Å². The number of anilines is 1. The van der Waals surface area contributed by atoms with Gasteiger partial charge in [0.15, 0.2) is 0 Å². The minimum atomic E-state index is 0.570. The number of aryl methyl sites for hydroxylation is 2. The van der Waals surface area contributed by atoms with Crippen molar-refractivity contribution >= 4 is 5.69 Å². The van der Waals surface area contributed by atoms with E-state index in [9.17, 15) is 0 Å². The van der Waals surface area contributed by atoms with Crippen LogP contribution in [0.2, 0.25) is 0 Å². The molecule has 0 amide bonds. The topological polar surface area (TPSA) is 55.2 Å². The van der Waals surface area contributed by atoms with E-state index in [1.165, 1.54) is 16.8 Å². The third-order valence-electron chi connectivity index (χ3n) is 3.81. The highest BCUT2D eigenvalue weighted by atomic mass is 15.3. The van der Waals surface area contributed by atoms with Gasteiger partial charge in [0, 0.05) is 49.9 Å². The predicted molar refractivity (Wildman–Crippen MR) is 78.6 cm³/mol. The lowest BCUT2D eigenvalue weighted by atomic mass is 10.1. The minimum absolute atomic E-state index is 0.570. The second-order valence-electron chi connectivity index (χ2n) is 5.05. The molecule has 0 aromatic heterocycles. The van der Waals surface area contributed by atoms with Gasteiger partial charge in [0.1, 0.15) is 0 Å². The number of hydrogen-bond acceptors (Lipinski definition) is 3. The van der Waals surface area contributed by atoms with Gasteiger partial charge >= 0.3 is 0 Å². The quantitative estimate of drug-likeness (QED) is 0.474. The predicted octanol–water partition coefficient (Wildman–Crippen LogP) is 2.74. The molecule has 0 saturated carbocycles. The Morgan fingerprint density at radius 3 is 2.53 bits per heavy atom. The van der Waals surface area contributed by atoms with Gasteiger partial charge in [-0.05, 0) is 42.6 Å². The molecule has 1 fully saturated rings. The first kappa shape index (κ1) is 13.7. The van der Waals surface area contributed by atoms with Crippen LogP contribution in [0.4, 0.5) is 5.69 Å². The summed E-state index contributed by atoms with van der Waals surface area (Å²) in [6, 6.07) is 6.67. The summed E-state index contributed by atoms with van der Waals surface area (Å²) in [5.74, 6) is 0. The molecular formula is C14H21N5. The van der Waals surface area contributed by atoms with E-state index in [1.807, 2.05) is 0 Å². The van der Waals surface area contributed by atoms with Gasteiger partial charge in [-0.1, -0.05) is 11.2 Å². The summed E-state index contributed by atoms with van der Waals surface area (Å²) in [5.41, 5.74) is 12.3. The van der Waals surface area contributed by atoms with Gasteiger partial charge in [0.25, 0.3) is 0 Å². The smallest absolute Gasteiger partial charge is 0.0385 e. The Morgan fingerprint density at radius 2 is 1.89 bits per heavy atom. The fourth-order valence-corrected chi connectivity index (χ4v) is 2.38. The van der Waals surface area contributed by atoms with Crippen molar-refractivity contribution in [1.29, 1.82) is 0 Å². The molecule has 5 heteroatoms. The molecule has 0 aliphatic carbocycles. The largest absolute Gasteiger partial charge is 0.369 e. The SMILES string of the molecule is Cc1ccc(N2CCN(CCN=[N+]=[N-])CC2)cc1C. The molecule has 1 aromatic carbocycles. The number of rotatable bonds is 4. The highest BCUT2D eigenvalue weighted by Gasteiger charge is 2.16. The van der Waals surface area contributed by atoms with Crippen molar-refractivity contribution in [1.82, 2.24) is 4.90 Å². The number of hydrogen-bond donors (Lipinski definition) is 0. The van der Waals surface area contributed by atoms with Crippen LogP contribution in [-0.4, -0.2) is 44.2 Å². The van der Waals surface area contributed by atoms with Crippen molar-refractivity contribution in [3.05, 3.63) is 39.8 Å². The first-order chi connectivity index (χ1) is 9.20. The van der Waals surface area contributed by atoms with Gasteiger partial charge in [0.05, 0.1) is 0 Å². The standard InChI is InChI=1S/C14H21N5/c1-12-3-4-14(11-13(12)2)19-9-7-18(8-10-19)6-5-16-17-15/h3-4,11H,5-10H2,1-2H3. The lowest BCUT2D eigenvalue weighted by molar-refractivity contribution is 0.265. The number of azide groups is 1. The Labute approximate surface area is 114 Å². The van der Waals surface area contributed by atoms with Gasteiger partial charge in [-0.15, -0.1) is 0 Å². The van der Waals surface area contributed by atoms with Crippen LogP contribution in [0.15, 0.2) is 23.3 Å². The van der Waals surface area contributed by atoms with Crippen molar-refractivity contribution in [2.45, 2.75) is 13.8 Å². The molecular weight excluding hydrogens is 238 g/mol. The Hall–Kier alpha value is -1.71. The van der Waals surface area contributed by atoms with Crippen LogP contribution in [0.5, 0.6) is 0 Å². The first-order valence-corrected chi connectivity index (χ1v) is 6.76. The summed E-state index contributed by atoms with van der Waals surface area (Å²) in [5, 5.41) is 3.59. The van der Waals surface area contributed by atoms with Crippen molar-refractivity contribution in [3.63, 3.8) is 0 Å². The van der Waals surface area contributed by atoms with Crippen LogP contribution in [0, 0.1) is 13.8 Å². The normalized spacial score (nSPS) is 16.2. The molecule has 0 atom stereocenters. The van der Waals surface area contributed by atoms with Crippen LogP contribution in [0.1, 0.15) is 11.1 Å². The molecule has 0 unspecified atom stereocenters. The molecule has 1 heterocycles. The fourth-order valence-electron chi connectivity index (χ4n) is 2.38. The molecule has 1 saturated heterocycles. The zero-order valence-corrected chi connectivity index (χ0v) is 11.7. The Balaban J connectivity index is 1.88. The Bertz CT molecular complexity index is 471. The van der Waals surface area contributed by atoms with E-state index in [2.05, 4.69) is 51.9 Å². The summed E-state index contributed by atoms with van der Waals surface area (Å²) in [4.78, 5) is 7.57. The lowest BCUT2D eigenvalue weighted by Crippen LogP contribution is -2.47. The Morgan fingerprint density at radius 1 is 1.16 bits per heavy atom. The van der Waals surface area contributed by atoms with Crippen LogP contribution < -0.4 is 4.90 Å².